The summed E-state index contributed by atoms with van der Waals surface area (Å²) in [6.07, 6.45) is 5.47. The number of rotatable bonds is 1. The fraction of sp³-hybridized carbons (Fsp3) is 0.214. The zero-order chi connectivity index (χ0) is 11.8. The Morgan fingerprint density at radius 1 is 1.25 bits per heavy atom. The van der Waals surface area contributed by atoms with Crippen LogP contribution in [0, 0.1) is 12.3 Å². The van der Waals surface area contributed by atoms with Crippen LogP contribution >= 0.6 is 0 Å². The van der Waals surface area contributed by atoms with Crippen LogP contribution in [0.4, 0.5) is 0 Å². The van der Waals surface area contributed by atoms with Crippen molar-refractivity contribution in [3.8, 4) is 12.3 Å². The predicted molar refractivity (Wildman–Crippen MR) is 64.3 cm³/mol. The topological polar surface area (TPSA) is 30.2 Å². The summed E-state index contributed by atoms with van der Waals surface area (Å²) in [4.78, 5) is 11.1. The van der Waals surface area contributed by atoms with Gasteiger partial charge in [0.15, 0.2) is 0 Å². The highest BCUT2D eigenvalue weighted by Gasteiger charge is 2.17. The van der Waals surface area contributed by atoms with Gasteiger partial charge in [0.2, 0.25) is 0 Å². The lowest BCUT2D eigenvalue weighted by Gasteiger charge is -2.17. The fourth-order valence-electron chi connectivity index (χ4n) is 1.53. The van der Waals surface area contributed by atoms with Gasteiger partial charge in [-0.15, -0.1) is 6.42 Å². The summed E-state index contributed by atoms with van der Waals surface area (Å²) in [5.41, 5.74) is 0.844. The van der Waals surface area contributed by atoms with Gasteiger partial charge in [-0.1, -0.05) is 18.1 Å². The third-order valence-electron chi connectivity index (χ3n) is 2.71. The van der Waals surface area contributed by atoms with Gasteiger partial charge >= 0.3 is 5.63 Å². The number of benzene rings is 1. The Bertz CT molecular complexity index is 627. The Morgan fingerprint density at radius 2 is 1.94 bits per heavy atom. The van der Waals surface area contributed by atoms with Gasteiger partial charge in [-0.05, 0) is 31.5 Å². The van der Waals surface area contributed by atoms with E-state index < -0.39 is 0 Å². The van der Waals surface area contributed by atoms with E-state index in [-0.39, 0.29) is 11.0 Å². The van der Waals surface area contributed by atoms with E-state index in [2.05, 4.69) is 5.92 Å². The van der Waals surface area contributed by atoms with Gasteiger partial charge in [-0.3, -0.25) is 0 Å². The first-order valence-electron chi connectivity index (χ1n) is 5.05. The van der Waals surface area contributed by atoms with Crippen molar-refractivity contribution in [2.75, 3.05) is 0 Å². The van der Waals surface area contributed by atoms with E-state index in [1.54, 1.807) is 6.07 Å². The normalized spacial score (nSPS) is 11.3. The highest BCUT2D eigenvalue weighted by Crippen LogP contribution is 2.25. The Morgan fingerprint density at radius 3 is 2.62 bits per heavy atom. The molecule has 0 aliphatic carbocycles. The van der Waals surface area contributed by atoms with Crippen LogP contribution in [-0.2, 0) is 5.41 Å². The van der Waals surface area contributed by atoms with Crippen LogP contribution in [0.3, 0.4) is 0 Å². The SMILES string of the molecule is C#CC(C)(C)c1ccc2ccc(=O)oc2c1. The summed E-state index contributed by atoms with van der Waals surface area (Å²) in [5.74, 6) is 2.72. The predicted octanol–water partition coefficient (Wildman–Crippen LogP) is 2.70. The molecule has 0 radical (unpaired) electrons. The molecule has 0 amide bonds. The first-order valence-corrected chi connectivity index (χ1v) is 5.05. The molecule has 2 heteroatoms. The molecule has 0 aliphatic heterocycles. The van der Waals surface area contributed by atoms with E-state index in [1.165, 1.54) is 6.07 Å². The van der Waals surface area contributed by atoms with Crippen molar-refractivity contribution in [3.63, 3.8) is 0 Å². The molecular weight excluding hydrogens is 200 g/mol. The van der Waals surface area contributed by atoms with E-state index >= 15 is 0 Å². The van der Waals surface area contributed by atoms with E-state index in [9.17, 15) is 4.79 Å². The minimum Gasteiger partial charge on any atom is -0.423 e. The largest absolute Gasteiger partial charge is 0.423 e. The van der Waals surface area contributed by atoms with Gasteiger partial charge in [0.1, 0.15) is 5.58 Å². The maximum atomic E-state index is 11.1. The van der Waals surface area contributed by atoms with Crippen molar-refractivity contribution in [1.82, 2.24) is 0 Å². The van der Waals surface area contributed by atoms with Crippen LogP contribution < -0.4 is 5.63 Å². The number of terminal acetylenes is 1. The maximum Gasteiger partial charge on any atom is 0.336 e. The van der Waals surface area contributed by atoms with Crippen LogP contribution in [0.2, 0.25) is 0 Å². The second kappa shape index (κ2) is 3.53. The summed E-state index contributed by atoms with van der Waals surface area (Å²) in [5, 5.41) is 0.899. The lowest BCUT2D eigenvalue weighted by molar-refractivity contribution is 0.559. The summed E-state index contributed by atoms with van der Waals surface area (Å²) in [7, 11) is 0. The first kappa shape index (κ1) is 10.5. The van der Waals surface area contributed by atoms with Crippen molar-refractivity contribution < 1.29 is 4.42 Å². The molecule has 1 aromatic heterocycles. The van der Waals surface area contributed by atoms with Gasteiger partial charge in [0.05, 0.1) is 5.41 Å². The average Bonchev–Trinajstić information content (AvgIpc) is 2.28. The molecule has 0 aliphatic rings. The molecule has 0 saturated carbocycles. The molecule has 0 bridgehead atoms. The molecule has 80 valence electrons. The second-order valence-electron chi connectivity index (χ2n) is 4.28. The molecule has 1 heterocycles. The third kappa shape index (κ3) is 1.72. The second-order valence-corrected chi connectivity index (χ2v) is 4.28. The Balaban J connectivity index is 2.69. The molecule has 2 rings (SSSR count). The smallest absolute Gasteiger partial charge is 0.336 e. The molecule has 16 heavy (non-hydrogen) atoms. The van der Waals surface area contributed by atoms with Crippen LogP contribution in [0.15, 0.2) is 39.5 Å². The highest BCUT2D eigenvalue weighted by atomic mass is 16.4. The summed E-state index contributed by atoms with van der Waals surface area (Å²) in [6, 6.07) is 8.85. The van der Waals surface area contributed by atoms with Gasteiger partial charge < -0.3 is 4.42 Å². The van der Waals surface area contributed by atoms with Gasteiger partial charge in [0.25, 0.3) is 0 Å². The Labute approximate surface area is 93.9 Å². The summed E-state index contributed by atoms with van der Waals surface area (Å²) in [6.45, 7) is 3.91. The zero-order valence-electron chi connectivity index (χ0n) is 9.28. The molecule has 1 aromatic carbocycles. The van der Waals surface area contributed by atoms with Gasteiger partial charge in [0, 0.05) is 11.5 Å². The Kier molecular flexibility index (Phi) is 2.32. The molecule has 0 saturated heterocycles. The molecule has 0 unspecified atom stereocenters. The lowest BCUT2D eigenvalue weighted by Crippen LogP contribution is -2.13. The Hall–Kier alpha value is -2.01. The van der Waals surface area contributed by atoms with Crippen molar-refractivity contribution in [3.05, 3.63) is 46.3 Å². The monoisotopic (exact) mass is 212 g/mol. The van der Waals surface area contributed by atoms with Crippen LogP contribution in [0.25, 0.3) is 11.0 Å². The molecule has 0 spiro atoms. The molecule has 0 atom stereocenters. The summed E-state index contributed by atoms with van der Waals surface area (Å²) < 4.78 is 5.12. The van der Waals surface area contributed by atoms with E-state index in [1.807, 2.05) is 32.0 Å². The highest BCUT2D eigenvalue weighted by molar-refractivity contribution is 5.77. The van der Waals surface area contributed by atoms with E-state index in [0.29, 0.717) is 5.58 Å². The molecule has 0 N–H and O–H groups in total. The third-order valence-corrected chi connectivity index (χ3v) is 2.71. The number of fused-ring (bicyclic) bond motifs is 1. The number of hydrogen-bond donors (Lipinski definition) is 0. The minimum absolute atomic E-state index is 0.344. The quantitative estimate of drug-likeness (QED) is 0.537. The summed E-state index contributed by atoms with van der Waals surface area (Å²) >= 11 is 0. The molecular formula is C14H12O2. The van der Waals surface area contributed by atoms with Crippen LogP contribution in [0.1, 0.15) is 19.4 Å². The molecule has 0 fully saturated rings. The van der Waals surface area contributed by atoms with Crippen molar-refractivity contribution >= 4 is 11.0 Å². The van der Waals surface area contributed by atoms with Gasteiger partial charge in [-0.25, -0.2) is 4.79 Å². The van der Waals surface area contributed by atoms with Gasteiger partial charge in [-0.2, -0.15) is 0 Å². The first-order chi connectivity index (χ1) is 7.53. The number of hydrogen-bond acceptors (Lipinski definition) is 2. The standard InChI is InChI=1S/C14H12O2/c1-4-14(2,3)11-7-5-10-6-8-13(15)16-12(10)9-11/h1,5-9H,2-3H3. The minimum atomic E-state index is -0.359. The van der Waals surface area contributed by atoms with Crippen molar-refractivity contribution in [2.24, 2.45) is 0 Å². The van der Waals surface area contributed by atoms with Crippen molar-refractivity contribution in [2.45, 2.75) is 19.3 Å². The van der Waals surface area contributed by atoms with E-state index in [0.717, 1.165) is 10.9 Å². The van der Waals surface area contributed by atoms with E-state index in [4.69, 9.17) is 10.8 Å². The van der Waals surface area contributed by atoms with Crippen molar-refractivity contribution in [1.29, 1.82) is 0 Å². The fourth-order valence-corrected chi connectivity index (χ4v) is 1.53. The maximum absolute atomic E-state index is 11.1. The lowest BCUT2D eigenvalue weighted by atomic mass is 9.85. The zero-order valence-corrected chi connectivity index (χ0v) is 9.28. The van der Waals surface area contributed by atoms with Crippen LogP contribution in [0.5, 0.6) is 0 Å². The van der Waals surface area contributed by atoms with Crippen LogP contribution in [-0.4, -0.2) is 0 Å². The molecule has 2 nitrogen and oxygen atoms in total. The average molecular weight is 212 g/mol. The molecule has 2 aromatic rings.